The average molecular weight is 474 g/mol. The Bertz CT molecular complexity index is 772. The Labute approximate surface area is 180 Å². The molecule has 0 saturated carbocycles. The predicted molar refractivity (Wildman–Crippen MR) is 116 cm³/mol. The van der Waals surface area contributed by atoms with Crippen molar-refractivity contribution in [2.75, 3.05) is 33.3 Å². The van der Waals surface area contributed by atoms with Crippen LogP contribution in [0, 0.1) is 5.82 Å². The van der Waals surface area contributed by atoms with Crippen LogP contribution in [0.3, 0.4) is 0 Å². The molecule has 0 aliphatic heterocycles. The van der Waals surface area contributed by atoms with Crippen LogP contribution in [0.2, 0.25) is 5.02 Å². The van der Waals surface area contributed by atoms with Gasteiger partial charge in [-0.05, 0) is 58.8 Å². The molecule has 0 saturated heterocycles. The Morgan fingerprint density at radius 1 is 1.18 bits per heavy atom. The molecule has 2 rings (SSSR count). The molecular weight excluding hydrogens is 447 g/mol. The lowest BCUT2D eigenvalue weighted by molar-refractivity contribution is 0.282. The van der Waals surface area contributed by atoms with Gasteiger partial charge in [0.2, 0.25) is 0 Å². The van der Waals surface area contributed by atoms with Crippen LogP contribution in [0.1, 0.15) is 25.0 Å². The SMILES string of the molecule is CCN(CC)CCNCc1cc(Br)c(OCc2ccc(F)cc2Cl)c(OC)c1. The minimum absolute atomic E-state index is 0.218. The average Bonchev–Trinajstić information content (AvgIpc) is 2.68. The summed E-state index contributed by atoms with van der Waals surface area (Å²) in [5, 5.41) is 3.79. The molecule has 0 heterocycles. The maximum Gasteiger partial charge on any atom is 0.175 e. The van der Waals surface area contributed by atoms with Crippen molar-refractivity contribution in [3.05, 3.63) is 56.8 Å². The molecule has 0 amide bonds. The number of nitrogens with one attached hydrogen (secondary N) is 1. The highest BCUT2D eigenvalue weighted by atomic mass is 79.9. The highest BCUT2D eigenvalue weighted by Gasteiger charge is 2.13. The summed E-state index contributed by atoms with van der Waals surface area (Å²) in [5.74, 6) is 0.855. The Hall–Kier alpha value is -1.34. The molecule has 1 N–H and O–H groups in total. The van der Waals surface area contributed by atoms with E-state index in [9.17, 15) is 4.39 Å². The van der Waals surface area contributed by atoms with Crippen molar-refractivity contribution >= 4 is 27.5 Å². The van der Waals surface area contributed by atoms with E-state index >= 15 is 0 Å². The fraction of sp³-hybridized carbons (Fsp3) is 0.429. The summed E-state index contributed by atoms with van der Waals surface area (Å²) in [6.45, 7) is 9.35. The van der Waals surface area contributed by atoms with Gasteiger partial charge in [-0.1, -0.05) is 31.5 Å². The smallest absolute Gasteiger partial charge is 0.175 e. The zero-order valence-electron chi connectivity index (χ0n) is 16.5. The standard InChI is InChI=1S/C21H27BrClFN2O2/c1-4-26(5-2)9-8-25-13-15-10-18(22)21(20(11-15)27-3)28-14-16-6-7-17(24)12-19(16)23/h6-7,10-12,25H,4-5,8-9,13-14H2,1-3H3. The number of nitrogens with zero attached hydrogens (tertiary/aromatic N) is 1. The minimum Gasteiger partial charge on any atom is -0.493 e. The fourth-order valence-electron chi connectivity index (χ4n) is 2.81. The maximum atomic E-state index is 13.2. The second kappa shape index (κ2) is 11.6. The third-order valence-electron chi connectivity index (χ3n) is 4.50. The van der Waals surface area contributed by atoms with Crippen molar-refractivity contribution < 1.29 is 13.9 Å². The van der Waals surface area contributed by atoms with Gasteiger partial charge in [0, 0.05) is 25.2 Å². The molecule has 2 aromatic carbocycles. The van der Waals surface area contributed by atoms with E-state index in [2.05, 4.69) is 40.0 Å². The molecule has 0 spiro atoms. The lowest BCUT2D eigenvalue weighted by Gasteiger charge is -2.18. The highest BCUT2D eigenvalue weighted by Crippen LogP contribution is 2.37. The number of methoxy groups -OCH3 is 1. The van der Waals surface area contributed by atoms with Gasteiger partial charge in [0.1, 0.15) is 12.4 Å². The first-order chi connectivity index (χ1) is 13.5. The van der Waals surface area contributed by atoms with Gasteiger partial charge in [0.15, 0.2) is 11.5 Å². The minimum atomic E-state index is -0.370. The van der Waals surface area contributed by atoms with Crippen LogP contribution in [-0.2, 0) is 13.2 Å². The van der Waals surface area contributed by atoms with Crippen LogP contribution in [0.25, 0.3) is 0 Å². The molecule has 0 aliphatic rings. The van der Waals surface area contributed by atoms with Gasteiger partial charge in [0.25, 0.3) is 0 Å². The molecule has 2 aromatic rings. The van der Waals surface area contributed by atoms with Gasteiger partial charge in [-0.2, -0.15) is 0 Å². The molecule has 0 fully saturated rings. The molecule has 0 aliphatic carbocycles. The van der Waals surface area contributed by atoms with Crippen LogP contribution < -0.4 is 14.8 Å². The molecule has 154 valence electrons. The van der Waals surface area contributed by atoms with Gasteiger partial charge in [-0.25, -0.2) is 4.39 Å². The lowest BCUT2D eigenvalue weighted by Crippen LogP contribution is -2.31. The van der Waals surface area contributed by atoms with Gasteiger partial charge in [0.05, 0.1) is 16.6 Å². The second-order valence-corrected chi connectivity index (χ2v) is 7.60. The van der Waals surface area contributed by atoms with E-state index in [4.69, 9.17) is 21.1 Å². The fourth-order valence-corrected chi connectivity index (χ4v) is 3.64. The topological polar surface area (TPSA) is 33.7 Å². The van der Waals surface area contributed by atoms with Crippen molar-refractivity contribution in [2.24, 2.45) is 0 Å². The molecule has 4 nitrogen and oxygen atoms in total. The summed E-state index contributed by atoms with van der Waals surface area (Å²) < 4.78 is 25.4. The zero-order valence-corrected chi connectivity index (χ0v) is 18.9. The maximum absolute atomic E-state index is 13.2. The Morgan fingerprint density at radius 3 is 2.57 bits per heavy atom. The number of benzene rings is 2. The molecule has 0 atom stereocenters. The molecule has 28 heavy (non-hydrogen) atoms. The van der Waals surface area contributed by atoms with E-state index in [1.54, 1.807) is 13.2 Å². The number of hydrogen-bond donors (Lipinski definition) is 1. The van der Waals surface area contributed by atoms with E-state index in [1.807, 2.05) is 12.1 Å². The molecule has 0 aromatic heterocycles. The monoisotopic (exact) mass is 472 g/mol. The summed E-state index contributed by atoms with van der Waals surface area (Å²) in [7, 11) is 1.61. The van der Waals surface area contributed by atoms with Gasteiger partial charge in [-0.3, -0.25) is 0 Å². The Kier molecular flexibility index (Phi) is 9.51. The van der Waals surface area contributed by atoms with Crippen molar-refractivity contribution in [2.45, 2.75) is 27.0 Å². The highest BCUT2D eigenvalue weighted by molar-refractivity contribution is 9.10. The van der Waals surface area contributed by atoms with Gasteiger partial charge >= 0.3 is 0 Å². The Balaban J connectivity index is 2.00. The predicted octanol–water partition coefficient (Wildman–Crippen LogP) is 5.26. The first-order valence-corrected chi connectivity index (χ1v) is 10.5. The molecule has 0 unspecified atom stereocenters. The number of likely N-dealkylation sites (N-methyl/N-ethyl adjacent to an activating group) is 1. The van der Waals surface area contributed by atoms with E-state index in [0.29, 0.717) is 22.1 Å². The van der Waals surface area contributed by atoms with E-state index in [-0.39, 0.29) is 12.4 Å². The molecule has 0 bridgehead atoms. The van der Waals surface area contributed by atoms with Crippen LogP contribution in [0.15, 0.2) is 34.8 Å². The zero-order chi connectivity index (χ0) is 20.5. The van der Waals surface area contributed by atoms with Crippen LogP contribution in [0.4, 0.5) is 4.39 Å². The van der Waals surface area contributed by atoms with Crippen molar-refractivity contribution in [1.82, 2.24) is 10.2 Å². The molecule has 7 heteroatoms. The summed E-state index contributed by atoms with van der Waals surface area (Å²) in [6.07, 6.45) is 0. The molecule has 0 radical (unpaired) electrons. The van der Waals surface area contributed by atoms with E-state index in [1.165, 1.54) is 12.1 Å². The van der Waals surface area contributed by atoms with E-state index in [0.717, 1.165) is 42.8 Å². The van der Waals surface area contributed by atoms with Crippen LogP contribution in [-0.4, -0.2) is 38.2 Å². The Morgan fingerprint density at radius 2 is 1.93 bits per heavy atom. The van der Waals surface area contributed by atoms with Crippen molar-refractivity contribution in [3.8, 4) is 11.5 Å². The second-order valence-electron chi connectivity index (χ2n) is 6.34. The van der Waals surface area contributed by atoms with Gasteiger partial charge < -0.3 is 19.7 Å². The number of hydrogen-bond acceptors (Lipinski definition) is 4. The lowest BCUT2D eigenvalue weighted by atomic mass is 10.2. The largest absolute Gasteiger partial charge is 0.493 e. The summed E-state index contributed by atoms with van der Waals surface area (Å²) in [6, 6.07) is 8.22. The number of ether oxygens (including phenoxy) is 2. The quantitative estimate of drug-likeness (QED) is 0.451. The first kappa shape index (κ1) is 22.9. The normalized spacial score (nSPS) is 11.1. The van der Waals surface area contributed by atoms with Crippen LogP contribution >= 0.6 is 27.5 Å². The first-order valence-electron chi connectivity index (χ1n) is 9.34. The van der Waals surface area contributed by atoms with Crippen molar-refractivity contribution in [1.29, 1.82) is 0 Å². The third-order valence-corrected chi connectivity index (χ3v) is 5.45. The summed E-state index contributed by atoms with van der Waals surface area (Å²) >= 11 is 9.64. The number of rotatable bonds is 11. The third kappa shape index (κ3) is 6.62. The van der Waals surface area contributed by atoms with Gasteiger partial charge in [-0.15, -0.1) is 0 Å². The molecular formula is C21H27BrClFN2O2. The number of halogens is 3. The summed E-state index contributed by atoms with van der Waals surface area (Å²) in [5.41, 5.74) is 1.80. The van der Waals surface area contributed by atoms with E-state index < -0.39 is 0 Å². The van der Waals surface area contributed by atoms with Crippen molar-refractivity contribution in [3.63, 3.8) is 0 Å². The van der Waals surface area contributed by atoms with Crippen LogP contribution in [0.5, 0.6) is 11.5 Å². The summed E-state index contributed by atoms with van der Waals surface area (Å²) in [4.78, 5) is 2.38.